The van der Waals surface area contributed by atoms with E-state index in [2.05, 4.69) is 136 Å². The summed E-state index contributed by atoms with van der Waals surface area (Å²) in [4.78, 5) is 32.5. The fourth-order valence-corrected chi connectivity index (χ4v) is 6.35. The quantitative estimate of drug-likeness (QED) is 0.257. The van der Waals surface area contributed by atoms with Crippen molar-refractivity contribution in [1.29, 1.82) is 0 Å². The lowest BCUT2D eigenvalue weighted by Crippen LogP contribution is -2.32. The van der Waals surface area contributed by atoms with Crippen LogP contribution in [0.25, 0.3) is 0 Å². The van der Waals surface area contributed by atoms with Crippen molar-refractivity contribution in [2.24, 2.45) is 0 Å². The van der Waals surface area contributed by atoms with Crippen LogP contribution < -0.4 is 0 Å². The Morgan fingerprint density at radius 1 is 0.197 bits per heavy atom. The maximum Gasteiger partial charge on any atom is 0.0989 e. The van der Waals surface area contributed by atoms with Crippen molar-refractivity contribution in [3.63, 3.8) is 0 Å². The van der Waals surface area contributed by atoms with Gasteiger partial charge in [-0.3, -0.25) is 9.74 Å². The molecule has 13 saturated heterocycles. The summed E-state index contributed by atoms with van der Waals surface area (Å²) >= 11 is 0. The second-order valence-corrected chi connectivity index (χ2v) is 21.4. The van der Waals surface area contributed by atoms with Gasteiger partial charge in [-0.05, 0) is 279 Å². The maximum absolute atomic E-state index is 4.99. The first kappa shape index (κ1) is 76.9. The van der Waals surface area contributed by atoms with E-state index in [1.165, 1.54) is 221 Å². The summed E-state index contributed by atoms with van der Waals surface area (Å²) in [7, 11) is 27.6. The average molecular weight is 1020 g/mol. The lowest BCUT2D eigenvalue weighted by molar-refractivity contribution is -0.0867. The number of nitrogens with zero attached hydrogens (tertiary/aromatic N) is 13. The molecule has 13 fully saturated rings. The van der Waals surface area contributed by atoms with Gasteiger partial charge in [-0.1, -0.05) is 29.7 Å². The Morgan fingerprint density at radius 3 is 0.437 bits per heavy atom. The van der Waals surface area contributed by atoms with Gasteiger partial charge in [-0.15, -0.1) is 0 Å². The minimum absolute atomic E-state index is 0. The van der Waals surface area contributed by atoms with Gasteiger partial charge in [0.15, 0.2) is 0 Å². The van der Waals surface area contributed by atoms with Gasteiger partial charge in [0.05, 0.1) is 19.9 Å². The second-order valence-electron chi connectivity index (χ2n) is 21.4. The zero-order chi connectivity index (χ0) is 49.5. The lowest BCUT2D eigenvalue weighted by atomic mass is 10.2. The van der Waals surface area contributed by atoms with E-state index in [9.17, 15) is 0 Å². The van der Waals surface area contributed by atoms with Gasteiger partial charge in [0.25, 0.3) is 0 Å². The highest BCUT2D eigenvalue weighted by atomic mass is 16.7. The Morgan fingerprint density at radius 2 is 0.394 bits per heavy atom. The van der Waals surface area contributed by atoms with Crippen molar-refractivity contribution in [3.05, 3.63) is 0 Å². The van der Waals surface area contributed by atoms with Gasteiger partial charge >= 0.3 is 0 Å². The molecule has 0 spiro atoms. The van der Waals surface area contributed by atoms with Gasteiger partial charge < -0.3 is 58.6 Å². The summed E-state index contributed by atoms with van der Waals surface area (Å²) in [5.41, 5.74) is 0. The Balaban J connectivity index is -0.000000341. The number of rotatable bonds is 0. The fraction of sp³-hybridized carbons (Fsp3) is 1.00. The van der Waals surface area contributed by atoms with Gasteiger partial charge in [-0.2, -0.15) is 5.06 Å². The van der Waals surface area contributed by atoms with Gasteiger partial charge in [0, 0.05) is 46.3 Å². The van der Waals surface area contributed by atoms with E-state index < -0.39 is 0 Å². The standard InChI is InChI=1S/2C5H11N.2C4H9NO.7C4H9N.2C3H7N.4CH4/c2*1-6-4-2-3-5-6;1-5-2-3-6-4-5;1-5-3-2-4-6-5;7*1-5-3-2-4-5;2*1-4-2-3-4;;;;/h2*2-5H2,1H3;2*2-4H2,1H3;7*2-4H2,1H3;2*2-3H2,1H3;4*1H4. The van der Waals surface area contributed by atoms with Crippen molar-refractivity contribution in [1.82, 2.24) is 63.9 Å². The normalized spacial score (nSPS) is 24.3. The van der Waals surface area contributed by atoms with Crippen molar-refractivity contribution < 1.29 is 9.57 Å². The van der Waals surface area contributed by atoms with E-state index in [0.717, 1.165) is 33.0 Å². The number of ether oxygens (including phenoxy) is 1. The smallest absolute Gasteiger partial charge is 0.0989 e. The summed E-state index contributed by atoms with van der Waals surface area (Å²) in [6, 6.07) is 0. The summed E-state index contributed by atoms with van der Waals surface area (Å²) in [5, 5.41) is 1.86. The van der Waals surface area contributed by atoms with Crippen molar-refractivity contribution >= 4 is 0 Å². The number of likely N-dealkylation sites (N-methyl/N-ethyl adjacent to an activating group) is 3. The molecule has 434 valence electrons. The largest absolute Gasteiger partial charge is 0.365 e. The molecule has 0 aromatic carbocycles. The van der Waals surface area contributed by atoms with Crippen LogP contribution in [0.5, 0.6) is 0 Å². The summed E-state index contributed by atoms with van der Waals surface area (Å²) in [5.74, 6) is 0. The molecule has 0 bridgehead atoms. The topological polar surface area (TPSA) is 60.1 Å². The van der Waals surface area contributed by atoms with Gasteiger partial charge in [-0.25, -0.2) is 0 Å². The number of hydroxylamine groups is 2. The molecule has 0 N–H and O–H groups in total. The third-order valence-electron chi connectivity index (χ3n) is 13.4. The second kappa shape index (κ2) is 51.5. The molecule has 0 unspecified atom stereocenters. The summed E-state index contributed by atoms with van der Waals surface area (Å²) < 4.78 is 4.98. The number of hydrogen-bond donors (Lipinski definition) is 0. The summed E-state index contributed by atoms with van der Waals surface area (Å²) in [6.07, 6.45) is 16.7. The molecule has 15 nitrogen and oxygen atoms in total. The molecule has 13 heterocycles. The molecule has 0 aliphatic carbocycles. The summed E-state index contributed by atoms with van der Waals surface area (Å²) in [6.45, 7) is 33.9. The highest BCUT2D eigenvalue weighted by Gasteiger charge is 2.10. The first-order valence-corrected chi connectivity index (χ1v) is 27.3. The van der Waals surface area contributed by atoms with E-state index in [-0.39, 0.29) is 29.7 Å². The minimum atomic E-state index is 0. The van der Waals surface area contributed by atoms with Crippen LogP contribution in [0.15, 0.2) is 0 Å². The molecule has 0 aromatic heterocycles. The maximum atomic E-state index is 4.99. The monoisotopic (exact) mass is 1020 g/mol. The molecule has 0 atom stereocenters. The van der Waals surface area contributed by atoms with Crippen molar-refractivity contribution in [3.8, 4) is 0 Å². The lowest BCUT2D eigenvalue weighted by Gasteiger charge is -2.24. The van der Waals surface area contributed by atoms with E-state index in [1.807, 2.05) is 19.2 Å². The zero-order valence-corrected chi connectivity index (χ0v) is 47.2. The molecule has 0 radical (unpaired) electrons. The number of hydrogen-bond acceptors (Lipinski definition) is 15. The van der Waals surface area contributed by atoms with Crippen LogP contribution in [0.2, 0.25) is 0 Å². The fourth-order valence-electron chi connectivity index (χ4n) is 6.35. The van der Waals surface area contributed by atoms with Crippen LogP contribution in [-0.4, -0.2) is 333 Å². The Bertz CT molecular complexity index is 829. The van der Waals surface area contributed by atoms with E-state index in [1.54, 1.807) is 0 Å². The van der Waals surface area contributed by atoms with E-state index >= 15 is 0 Å². The molecule has 13 rings (SSSR count). The molecule has 0 saturated carbocycles. The van der Waals surface area contributed by atoms with Crippen molar-refractivity contribution in [2.45, 2.75) is 107 Å². The molecule has 0 amide bonds. The van der Waals surface area contributed by atoms with Gasteiger partial charge in [0.2, 0.25) is 0 Å². The Kier molecular flexibility index (Phi) is 55.8. The minimum Gasteiger partial charge on any atom is -0.365 e. The molecule has 0 aromatic rings. The highest BCUT2D eigenvalue weighted by molar-refractivity contribution is 4.66. The zero-order valence-electron chi connectivity index (χ0n) is 47.2. The van der Waals surface area contributed by atoms with Crippen LogP contribution in [0.3, 0.4) is 0 Å². The average Bonchev–Trinajstić information content (AvgIpc) is 3.80. The SMILES string of the molecule is C.C.C.C.CN1CC1.CN1CC1.CN1CCC1.CN1CCC1.CN1CCC1.CN1CCC1.CN1CCC1.CN1CCC1.CN1CCC1.CN1CCCC1.CN1CCCC1.CN1CCCO1.CN1CCOC1. The Labute approximate surface area is 447 Å². The third-order valence-corrected chi connectivity index (χ3v) is 13.4. The van der Waals surface area contributed by atoms with Crippen LogP contribution in [0, 0.1) is 0 Å². The number of likely N-dealkylation sites (tertiary alicyclic amines) is 9. The van der Waals surface area contributed by atoms with E-state index in [4.69, 9.17) is 9.57 Å². The Hall–Kier alpha value is -0.600. The predicted molar refractivity (Wildman–Crippen MR) is 317 cm³/mol. The highest BCUT2D eigenvalue weighted by Crippen LogP contribution is 2.04. The third kappa shape index (κ3) is 55.5. The van der Waals surface area contributed by atoms with Crippen LogP contribution in [0.1, 0.15) is 107 Å². The van der Waals surface area contributed by atoms with Crippen molar-refractivity contribution in [2.75, 3.05) is 269 Å². The molecule has 13 aliphatic heterocycles. The molecular weight excluding hydrogens is 887 g/mol. The molecule has 15 heteroatoms. The molecule has 71 heavy (non-hydrogen) atoms. The van der Waals surface area contributed by atoms with Crippen LogP contribution in [0.4, 0.5) is 0 Å². The first-order valence-electron chi connectivity index (χ1n) is 27.3. The van der Waals surface area contributed by atoms with Crippen LogP contribution >= 0.6 is 0 Å². The van der Waals surface area contributed by atoms with Crippen LogP contribution in [-0.2, 0) is 9.57 Å². The molecule has 13 aliphatic rings. The first-order chi connectivity index (χ1) is 32.1. The van der Waals surface area contributed by atoms with Gasteiger partial charge in [0.1, 0.15) is 0 Å². The van der Waals surface area contributed by atoms with E-state index in [0.29, 0.717) is 0 Å². The predicted octanol–water partition coefficient (Wildman–Crippen LogP) is 6.24. The molecular formula is C56H133N13O2.